The van der Waals surface area contributed by atoms with Gasteiger partial charge in [-0.05, 0) is 31.4 Å². The maximum Gasteiger partial charge on any atom is 0.178 e. The zero-order valence-electron chi connectivity index (χ0n) is 12.8. The summed E-state index contributed by atoms with van der Waals surface area (Å²) in [5.41, 5.74) is 3.14. The van der Waals surface area contributed by atoms with Crippen LogP contribution in [0.3, 0.4) is 0 Å². The van der Waals surface area contributed by atoms with Crippen LogP contribution in [0.25, 0.3) is 5.65 Å². The van der Waals surface area contributed by atoms with Crippen molar-refractivity contribution in [3.63, 3.8) is 0 Å². The second-order valence-corrected chi connectivity index (χ2v) is 5.80. The van der Waals surface area contributed by atoms with Crippen molar-refractivity contribution in [3.05, 3.63) is 35.4 Å². The highest BCUT2D eigenvalue weighted by Crippen LogP contribution is 2.38. The zero-order valence-corrected chi connectivity index (χ0v) is 12.8. The lowest BCUT2D eigenvalue weighted by Crippen LogP contribution is -2.06. The van der Waals surface area contributed by atoms with Gasteiger partial charge in [-0.2, -0.15) is 9.61 Å². The Morgan fingerprint density at radius 2 is 2.09 bits per heavy atom. The number of fused-ring (bicyclic) bond motifs is 1. The van der Waals surface area contributed by atoms with Gasteiger partial charge in [-0.3, -0.25) is 4.68 Å². The number of hydrogen-bond donors (Lipinski definition) is 1. The quantitative estimate of drug-likeness (QED) is 0.779. The third kappa shape index (κ3) is 2.32. The van der Waals surface area contributed by atoms with Crippen molar-refractivity contribution in [2.45, 2.75) is 38.6 Å². The number of nitrogens with one attached hydrogen (secondary N) is 1. The highest BCUT2D eigenvalue weighted by molar-refractivity contribution is 5.45. The molecule has 0 atom stereocenters. The topological polar surface area (TPSA) is 72.9 Å². The first-order valence-corrected chi connectivity index (χ1v) is 7.72. The summed E-state index contributed by atoms with van der Waals surface area (Å²) < 4.78 is 3.72. The fraction of sp³-hybridized carbons (Fsp3) is 0.467. The van der Waals surface area contributed by atoms with Crippen molar-refractivity contribution < 1.29 is 0 Å². The molecule has 1 aliphatic rings. The van der Waals surface area contributed by atoms with Gasteiger partial charge < -0.3 is 5.32 Å². The summed E-state index contributed by atoms with van der Waals surface area (Å²) in [6, 6.07) is 3.90. The minimum absolute atomic E-state index is 0.530. The van der Waals surface area contributed by atoms with Crippen molar-refractivity contribution >= 4 is 11.5 Å². The van der Waals surface area contributed by atoms with Gasteiger partial charge in [0, 0.05) is 31.3 Å². The molecule has 0 radical (unpaired) electrons. The van der Waals surface area contributed by atoms with E-state index in [1.807, 2.05) is 28.4 Å². The molecule has 7 heteroatoms. The van der Waals surface area contributed by atoms with E-state index in [4.69, 9.17) is 0 Å². The van der Waals surface area contributed by atoms with Crippen LogP contribution in [0.5, 0.6) is 0 Å². The van der Waals surface area contributed by atoms with Crippen LogP contribution in [-0.4, -0.2) is 29.6 Å². The Labute approximate surface area is 128 Å². The van der Waals surface area contributed by atoms with Gasteiger partial charge in [-0.1, -0.05) is 6.92 Å². The predicted octanol–water partition coefficient (Wildman–Crippen LogP) is 1.91. The highest BCUT2D eigenvalue weighted by Gasteiger charge is 2.29. The lowest BCUT2D eigenvalue weighted by atomic mass is 10.2. The van der Waals surface area contributed by atoms with Gasteiger partial charge >= 0.3 is 0 Å². The molecule has 0 unspecified atom stereocenters. The van der Waals surface area contributed by atoms with Crippen LogP contribution in [0.4, 0.5) is 5.82 Å². The lowest BCUT2D eigenvalue weighted by molar-refractivity contribution is 0.746. The third-order valence-electron chi connectivity index (χ3n) is 4.02. The van der Waals surface area contributed by atoms with Gasteiger partial charge in [0.1, 0.15) is 5.82 Å². The van der Waals surface area contributed by atoms with Crippen molar-refractivity contribution in [1.29, 1.82) is 0 Å². The summed E-state index contributed by atoms with van der Waals surface area (Å²) in [5, 5.41) is 20.9. The van der Waals surface area contributed by atoms with E-state index in [2.05, 4.69) is 38.8 Å². The molecule has 22 heavy (non-hydrogen) atoms. The van der Waals surface area contributed by atoms with Crippen LogP contribution in [-0.2, 0) is 20.0 Å². The molecule has 0 spiro atoms. The monoisotopic (exact) mass is 297 g/mol. The van der Waals surface area contributed by atoms with Crippen LogP contribution >= 0.6 is 0 Å². The number of aryl methyl sites for hydroxylation is 2. The molecule has 1 aliphatic carbocycles. The van der Waals surface area contributed by atoms with E-state index in [1.165, 1.54) is 18.4 Å². The van der Waals surface area contributed by atoms with Crippen molar-refractivity contribution in [2.75, 3.05) is 5.32 Å². The number of nitrogens with zero attached hydrogens (tertiary/aromatic N) is 6. The number of rotatable bonds is 5. The smallest absolute Gasteiger partial charge is 0.178 e. The first kappa shape index (κ1) is 13.2. The molecule has 0 saturated heterocycles. The molecule has 7 nitrogen and oxygen atoms in total. The minimum Gasteiger partial charge on any atom is -0.364 e. The fourth-order valence-corrected chi connectivity index (χ4v) is 2.71. The SMILES string of the molecule is CCc1nn(C)cc1CNc1ccc2nnc(C3CC3)n2n1. The normalized spacial score (nSPS) is 14.6. The van der Waals surface area contributed by atoms with Gasteiger partial charge in [-0.25, -0.2) is 0 Å². The molecule has 0 bridgehead atoms. The number of hydrogen-bond acceptors (Lipinski definition) is 5. The Bertz CT molecular complexity index is 813. The standard InChI is InChI=1S/C15H19N7/c1-3-12-11(9-21(2)19-12)8-16-13-6-7-14-17-18-15(10-4-5-10)22(14)20-13/h6-7,9-10H,3-5,8H2,1-2H3,(H,16,20). The molecule has 1 saturated carbocycles. The molecule has 0 aliphatic heterocycles. The van der Waals surface area contributed by atoms with Crippen LogP contribution in [0, 0.1) is 0 Å². The fourth-order valence-electron chi connectivity index (χ4n) is 2.71. The Morgan fingerprint density at radius 3 is 2.86 bits per heavy atom. The molecule has 3 aromatic heterocycles. The summed E-state index contributed by atoms with van der Waals surface area (Å²) in [7, 11) is 1.95. The van der Waals surface area contributed by atoms with Crippen molar-refractivity contribution in [1.82, 2.24) is 29.6 Å². The molecule has 4 rings (SSSR count). The molecule has 0 aromatic carbocycles. The Kier molecular flexibility index (Phi) is 3.06. The Hall–Kier alpha value is -2.44. The Morgan fingerprint density at radius 1 is 1.23 bits per heavy atom. The van der Waals surface area contributed by atoms with Crippen LogP contribution in [0.1, 0.15) is 42.8 Å². The minimum atomic E-state index is 0.530. The maximum atomic E-state index is 4.63. The second-order valence-electron chi connectivity index (χ2n) is 5.80. The van der Waals surface area contributed by atoms with Gasteiger partial charge in [-0.15, -0.1) is 15.3 Å². The van der Waals surface area contributed by atoms with Gasteiger partial charge in [0.05, 0.1) is 5.69 Å². The van der Waals surface area contributed by atoms with E-state index in [1.54, 1.807) is 0 Å². The summed E-state index contributed by atoms with van der Waals surface area (Å²) in [4.78, 5) is 0. The lowest BCUT2D eigenvalue weighted by Gasteiger charge is -2.06. The van der Waals surface area contributed by atoms with Crippen LogP contribution in [0.15, 0.2) is 18.3 Å². The average Bonchev–Trinajstić information content (AvgIpc) is 3.18. The summed E-state index contributed by atoms with van der Waals surface area (Å²) in [6.45, 7) is 2.84. The van der Waals surface area contributed by atoms with Gasteiger partial charge in [0.15, 0.2) is 11.5 Å². The van der Waals surface area contributed by atoms with E-state index < -0.39 is 0 Å². The molecular weight excluding hydrogens is 278 g/mol. The van der Waals surface area contributed by atoms with Gasteiger partial charge in [0.25, 0.3) is 0 Å². The van der Waals surface area contributed by atoms with Gasteiger partial charge in [0.2, 0.25) is 0 Å². The third-order valence-corrected chi connectivity index (χ3v) is 4.02. The molecule has 114 valence electrons. The summed E-state index contributed by atoms with van der Waals surface area (Å²) in [5.74, 6) is 2.34. The predicted molar refractivity (Wildman–Crippen MR) is 82.7 cm³/mol. The second kappa shape index (κ2) is 5.08. The average molecular weight is 297 g/mol. The van der Waals surface area contributed by atoms with E-state index >= 15 is 0 Å². The molecule has 1 N–H and O–H groups in total. The number of aromatic nitrogens is 6. The molecule has 0 amide bonds. The van der Waals surface area contributed by atoms with E-state index in [0.29, 0.717) is 5.92 Å². The van der Waals surface area contributed by atoms with Crippen LogP contribution in [0.2, 0.25) is 0 Å². The first-order chi connectivity index (χ1) is 10.7. The van der Waals surface area contributed by atoms with E-state index in [-0.39, 0.29) is 0 Å². The summed E-state index contributed by atoms with van der Waals surface area (Å²) >= 11 is 0. The molecule has 1 fully saturated rings. The maximum absolute atomic E-state index is 4.63. The van der Waals surface area contributed by atoms with E-state index in [0.717, 1.165) is 35.9 Å². The Balaban J connectivity index is 1.57. The first-order valence-electron chi connectivity index (χ1n) is 7.72. The summed E-state index contributed by atoms with van der Waals surface area (Å²) in [6.07, 6.45) is 5.37. The van der Waals surface area contributed by atoms with Crippen LogP contribution < -0.4 is 5.32 Å². The number of anilines is 1. The molecule has 3 heterocycles. The molecular formula is C15H19N7. The van der Waals surface area contributed by atoms with Crippen molar-refractivity contribution in [3.8, 4) is 0 Å². The molecule has 3 aromatic rings. The van der Waals surface area contributed by atoms with E-state index in [9.17, 15) is 0 Å². The van der Waals surface area contributed by atoms with Crippen molar-refractivity contribution in [2.24, 2.45) is 7.05 Å². The zero-order chi connectivity index (χ0) is 15.1. The highest BCUT2D eigenvalue weighted by atomic mass is 15.4. The largest absolute Gasteiger partial charge is 0.364 e.